The lowest BCUT2D eigenvalue weighted by molar-refractivity contribution is 1.03. The normalized spacial score (nSPS) is 8.89. The first-order chi connectivity index (χ1) is 4.38. The molecule has 3 nitrogen and oxygen atoms in total. The van der Waals surface area contributed by atoms with Crippen LogP contribution >= 0.6 is 12.6 Å². The second kappa shape index (κ2) is 2.55. The lowest BCUT2D eigenvalue weighted by Crippen LogP contribution is -1.80. The molecule has 1 aromatic rings. The summed E-state index contributed by atoms with van der Waals surface area (Å²) in [6.07, 6.45) is 2.49. The number of hydrogen-bond donors (Lipinski definition) is 2. The van der Waals surface area contributed by atoms with E-state index >= 15 is 0 Å². The summed E-state index contributed by atoms with van der Waals surface area (Å²) in [5, 5.41) is 14.5. The summed E-state index contributed by atoms with van der Waals surface area (Å²) in [6, 6.07) is 1.93. The summed E-state index contributed by atoms with van der Waals surface area (Å²) in [5.74, 6) is 0.499. The largest absolute Gasteiger partial charge is 0.280 e. The molecular weight excluding hydrogens is 134 g/mol. The van der Waals surface area contributed by atoms with Gasteiger partial charge in [0.15, 0.2) is 0 Å². The molecule has 0 atom stereocenters. The van der Waals surface area contributed by atoms with Crippen molar-refractivity contribution in [3.8, 4) is 6.07 Å². The van der Waals surface area contributed by atoms with E-state index in [-0.39, 0.29) is 0 Å². The highest BCUT2D eigenvalue weighted by atomic mass is 32.1. The monoisotopic (exact) mass is 138 g/mol. The van der Waals surface area contributed by atoms with E-state index in [1.54, 1.807) is 0 Å². The average molecular weight is 138 g/mol. The zero-order chi connectivity index (χ0) is 6.69. The molecule has 1 N–H and O–H groups in total. The third-order valence-electron chi connectivity index (χ3n) is 0.930. The van der Waals surface area contributed by atoms with E-state index in [1.807, 2.05) is 6.07 Å². The van der Waals surface area contributed by atoms with Crippen molar-refractivity contribution in [3.63, 3.8) is 0 Å². The van der Waals surface area contributed by atoms with Crippen LogP contribution in [0, 0.1) is 17.5 Å². The Morgan fingerprint density at radius 1 is 1.89 bits per heavy atom. The van der Waals surface area contributed by atoms with Crippen molar-refractivity contribution in [2.45, 2.75) is 5.75 Å². The van der Waals surface area contributed by atoms with Crippen molar-refractivity contribution in [2.75, 3.05) is 0 Å². The second-order valence-corrected chi connectivity index (χ2v) is 1.78. The molecule has 1 rings (SSSR count). The van der Waals surface area contributed by atoms with Gasteiger partial charge in [-0.05, 0) is 0 Å². The molecule has 0 aliphatic heterocycles. The minimum Gasteiger partial charge on any atom is -0.280 e. The number of rotatable bonds is 1. The first-order valence-electron chi connectivity index (χ1n) is 2.34. The van der Waals surface area contributed by atoms with Crippen LogP contribution in [0.25, 0.3) is 0 Å². The Labute approximate surface area is 58.1 Å². The number of aromatic amines is 1. The highest BCUT2D eigenvalue weighted by Gasteiger charge is 1.99. The van der Waals surface area contributed by atoms with E-state index in [2.05, 4.69) is 29.0 Å². The third kappa shape index (κ3) is 1.06. The van der Waals surface area contributed by atoms with Gasteiger partial charge >= 0.3 is 0 Å². The van der Waals surface area contributed by atoms with Crippen LogP contribution in [0.3, 0.4) is 0 Å². The van der Waals surface area contributed by atoms with E-state index in [4.69, 9.17) is 5.26 Å². The van der Waals surface area contributed by atoms with E-state index < -0.39 is 0 Å². The van der Waals surface area contributed by atoms with Crippen molar-refractivity contribution < 1.29 is 0 Å². The summed E-state index contributed by atoms with van der Waals surface area (Å²) in [5.41, 5.74) is 1.17. The van der Waals surface area contributed by atoms with Gasteiger partial charge in [0.1, 0.15) is 17.8 Å². The molecule has 0 aliphatic rings. The van der Waals surface area contributed by atoms with Crippen LogP contribution in [-0.2, 0) is 5.75 Å². The van der Waals surface area contributed by atoms with Gasteiger partial charge in [-0.15, -0.1) is 0 Å². The van der Waals surface area contributed by atoms with Crippen LogP contribution in [0.5, 0.6) is 0 Å². The van der Waals surface area contributed by atoms with Crippen molar-refractivity contribution >= 4 is 12.6 Å². The Morgan fingerprint density at radius 2 is 2.67 bits per heavy atom. The van der Waals surface area contributed by atoms with Crippen LogP contribution in [0.2, 0.25) is 0 Å². The van der Waals surface area contributed by atoms with Crippen LogP contribution in [-0.4, -0.2) is 10.2 Å². The molecule has 0 fully saturated rings. The minimum absolute atomic E-state index is 0.449. The molecule has 0 spiro atoms. The summed E-state index contributed by atoms with van der Waals surface area (Å²) in [4.78, 5) is 0. The number of aromatic nitrogens is 2. The van der Waals surface area contributed by atoms with Gasteiger partial charge in [-0.3, -0.25) is 5.10 Å². The lowest BCUT2D eigenvalue weighted by atomic mass is 10.3. The quantitative estimate of drug-likeness (QED) is 0.555. The van der Waals surface area contributed by atoms with Crippen LogP contribution in [0.4, 0.5) is 0 Å². The molecule has 1 aromatic heterocycles. The topological polar surface area (TPSA) is 52.5 Å². The fraction of sp³-hybridized carbons (Fsp3) is 0.200. The molecule has 9 heavy (non-hydrogen) atoms. The molecule has 0 aliphatic carbocycles. The molecule has 0 bridgehead atoms. The van der Waals surface area contributed by atoms with Gasteiger partial charge in [-0.25, -0.2) is 0 Å². The van der Waals surface area contributed by atoms with Gasteiger partial charge in [-0.1, -0.05) is 0 Å². The maximum absolute atomic E-state index is 8.36. The molecule has 0 saturated heterocycles. The summed E-state index contributed by atoms with van der Waals surface area (Å²) < 4.78 is 0. The molecular formula is C5H4N3S. The van der Waals surface area contributed by atoms with E-state index in [0.29, 0.717) is 11.3 Å². The zero-order valence-electron chi connectivity index (χ0n) is 4.55. The molecule has 45 valence electrons. The molecule has 1 radical (unpaired) electrons. The van der Waals surface area contributed by atoms with Gasteiger partial charge < -0.3 is 0 Å². The number of H-pyrrole nitrogens is 1. The van der Waals surface area contributed by atoms with Crippen LogP contribution in [0.1, 0.15) is 11.3 Å². The molecule has 1 heterocycles. The Hall–Kier alpha value is -0.950. The molecule has 0 saturated carbocycles. The fourth-order valence-corrected chi connectivity index (χ4v) is 0.710. The Morgan fingerprint density at radius 3 is 3.11 bits per heavy atom. The summed E-state index contributed by atoms with van der Waals surface area (Å²) in [7, 11) is 0. The number of thiol groups is 1. The Balaban J connectivity index is 3.02. The SMILES string of the molecule is N#Cc1[c]n[nH]c1CS. The third-order valence-corrected chi connectivity index (χ3v) is 1.25. The second-order valence-electron chi connectivity index (χ2n) is 1.46. The smallest absolute Gasteiger partial charge is 0.132 e. The predicted octanol–water partition coefficient (Wildman–Crippen LogP) is 0.511. The fourth-order valence-electron chi connectivity index (χ4n) is 0.482. The zero-order valence-corrected chi connectivity index (χ0v) is 5.44. The van der Waals surface area contributed by atoms with Crippen LogP contribution < -0.4 is 0 Å². The molecule has 0 aromatic carbocycles. The van der Waals surface area contributed by atoms with Crippen molar-refractivity contribution in [1.29, 1.82) is 5.26 Å². The van der Waals surface area contributed by atoms with Gasteiger partial charge in [0.25, 0.3) is 0 Å². The number of hydrogen-bond acceptors (Lipinski definition) is 3. The molecule has 0 amide bonds. The van der Waals surface area contributed by atoms with Gasteiger partial charge in [0, 0.05) is 5.75 Å². The van der Waals surface area contributed by atoms with Crippen molar-refractivity contribution in [1.82, 2.24) is 10.2 Å². The minimum atomic E-state index is 0.449. The first kappa shape index (κ1) is 6.17. The Bertz CT molecular complexity index is 235. The maximum atomic E-state index is 8.36. The lowest BCUT2D eigenvalue weighted by Gasteiger charge is -1.83. The van der Waals surface area contributed by atoms with Gasteiger partial charge in [0.2, 0.25) is 0 Å². The first-order valence-corrected chi connectivity index (χ1v) is 2.97. The summed E-state index contributed by atoms with van der Waals surface area (Å²) >= 11 is 3.96. The average Bonchev–Trinajstić information content (AvgIpc) is 2.33. The number of nitrogens with one attached hydrogen (secondary N) is 1. The van der Waals surface area contributed by atoms with E-state index in [0.717, 1.165) is 5.69 Å². The van der Waals surface area contributed by atoms with E-state index in [9.17, 15) is 0 Å². The number of nitriles is 1. The number of nitrogens with zero attached hydrogens (tertiary/aromatic N) is 2. The Kier molecular flexibility index (Phi) is 1.75. The standard InChI is InChI=1S/C5H4N3S/c6-1-4-2-7-8-5(4)3-9/h9H,3H2,(H,7,8). The van der Waals surface area contributed by atoms with Crippen molar-refractivity contribution in [2.24, 2.45) is 0 Å². The molecule has 0 unspecified atom stereocenters. The van der Waals surface area contributed by atoms with Gasteiger partial charge in [-0.2, -0.15) is 23.0 Å². The van der Waals surface area contributed by atoms with Crippen molar-refractivity contribution in [3.05, 3.63) is 17.5 Å². The molecule has 4 heteroatoms. The highest BCUT2D eigenvalue weighted by Crippen LogP contribution is 2.03. The summed E-state index contributed by atoms with van der Waals surface area (Å²) in [6.45, 7) is 0. The van der Waals surface area contributed by atoms with Gasteiger partial charge in [0.05, 0.1) is 5.69 Å². The van der Waals surface area contributed by atoms with Crippen LogP contribution in [0.15, 0.2) is 0 Å². The highest BCUT2D eigenvalue weighted by molar-refractivity contribution is 7.79. The predicted molar refractivity (Wildman–Crippen MR) is 34.8 cm³/mol. The maximum Gasteiger partial charge on any atom is 0.132 e. The van der Waals surface area contributed by atoms with E-state index in [1.165, 1.54) is 0 Å².